The fourth-order valence-electron chi connectivity index (χ4n) is 2.98. The second-order valence-corrected chi connectivity index (χ2v) is 5.63. The van der Waals surface area contributed by atoms with E-state index in [0.29, 0.717) is 6.42 Å². The molecular weight excluding hydrogens is 250 g/mol. The van der Waals surface area contributed by atoms with Gasteiger partial charge in [-0.15, -0.1) is 0 Å². The third kappa shape index (κ3) is 4.55. The van der Waals surface area contributed by atoms with Crippen LogP contribution in [0.2, 0.25) is 0 Å². The van der Waals surface area contributed by atoms with Crippen LogP contribution in [-0.2, 0) is 11.2 Å². The van der Waals surface area contributed by atoms with Gasteiger partial charge in [-0.1, -0.05) is 50.3 Å². The van der Waals surface area contributed by atoms with Crippen molar-refractivity contribution in [3.63, 3.8) is 0 Å². The van der Waals surface area contributed by atoms with Crippen molar-refractivity contribution in [3.05, 3.63) is 29.8 Å². The summed E-state index contributed by atoms with van der Waals surface area (Å²) in [7, 11) is 1.64. The molecule has 1 aromatic rings. The summed E-state index contributed by atoms with van der Waals surface area (Å²) in [5.41, 5.74) is 0.949. The predicted octanol–water partition coefficient (Wildman–Crippen LogP) is 3.32. The molecule has 110 valence electrons. The lowest BCUT2D eigenvalue weighted by Gasteiger charge is -2.21. The zero-order valence-corrected chi connectivity index (χ0v) is 12.4. The Labute approximate surface area is 121 Å². The number of hydrogen-bond acceptors (Lipinski definition) is 2. The number of hydrogen-bond donors (Lipinski definition) is 1. The quantitative estimate of drug-likeness (QED) is 0.865. The molecule has 1 aliphatic carbocycles. The van der Waals surface area contributed by atoms with Crippen LogP contribution in [0.25, 0.3) is 0 Å². The fourth-order valence-corrected chi connectivity index (χ4v) is 2.98. The lowest BCUT2D eigenvalue weighted by atomic mass is 9.87. The highest BCUT2D eigenvalue weighted by atomic mass is 16.5. The first-order valence-electron chi connectivity index (χ1n) is 7.68. The topological polar surface area (TPSA) is 38.3 Å². The minimum atomic E-state index is 0.0882. The maximum Gasteiger partial charge on any atom is 0.224 e. The van der Waals surface area contributed by atoms with Gasteiger partial charge in [-0.2, -0.15) is 0 Å². The summed E-state index contributed by atoms with van der Waals surface area (Å²) in [6, 6.07) is 7.70. The van der Waals surface area contributed by atoms with Gasteiger partial charge in [-0.05, 0) is 18.4 Å². The molecular formula is C17H25NO2. The molecule has 1 saturated carbocycles. The number of para-hydroxylation sites is 1. The molecule has 0 saturated heterocycles. The van der Waals surface area contributed by atoms with Gasteiger partial charge >= 0.3 is 0 Å². The van der Waals surface area contributed by atoms with Crippen LogP contribution < -0.4 is 10.1 Å². The Hall–Kier alpha value is -1.51. The number of benzene rings is 1. The summed E-state index contributed by atoms with van der Waals surface area (Å²) in [5, 5.41) is 3.04. The van der Waals surface area contributed by atoms with Crippen LogP contribution in [-0.4, -0.2) is 19.6 Å². The van der Waals surface area contributed by atoms with Gasteiger partial charge in [0.25, 0.3) is 0 Å². The molecule has 3 nitrogen and oxygen atoms in total. The van der Waals surface area contributed by atoms with Crippen LogP contribution in [0.3, 0.4) is 0 Å². The first kappa shape index (κ1) is 14.9. The number of nitrogens with one attached hydrogen (secondary N) is 1. The average Bonchev–Trinajstić information content (AvgIpc) is 2.49. The molecule has 20 heavy (non-hydrogen) atoms. The van der Waals surface area contributed by atoms with Crippen molar-refractivity contribution in [1.29, 1.82) is 0 Å². The number of carbonyl (C=O) groups excluding carboxylic acids is 1. The summed E-state index contributed by atoms with van der Waals surface area (Å²) in [6.07, 6.45) is 8.30. The van der Waals surface area contributed by atoms with Crippen LogP contribution in [0.5, 0.6) is 5.75 Å². The highest BCUT2D eigenvalue weighted by Crippen LogP contribution is 2.25. The molecule has 2 rings (SSSR count). The van der Waals surface area contributed by atoms with Crippen LogP contribution in [0, 0.1) is 5.92 Å². The molecule has 1 N–H and O–H groups in total. The molecule has 0 aliphatic heterocycles. The van der Waals surface area contributed by atoms with Crippen molar-refractivity contribution in [1.82, 2.24) is 5.32 Å². The Bertz CT molecular complexity index is 425. The first-order chi connectivity index (χ1) is 9.79. The summed E-state index contributed by atoms with van der Waals surface area (Å²) in [6.45, 7) is 0.804. The summed E-state index contributed by atoms with van der Waals surface area (Å²) in [5.74, 6) is 1.69. The van der Waals surface area contributed by atoms with E-state index in [1.165, 1.54) is 32.1 Å². The molecule has 0 spiro atoms. The van der Waals surface area contributed by atoms with Gasteiger partial charge in [0, 0.05) is 12.1 Å². The van der Waals surface area contributed by atoms with E-state index in [-0.39, 0.29) is 5.91 Å². The Kier molecular flexibility index (Phi) is 5.90. The smallest absolute Gasteiger partial charge is 0.224 e. The molecule has 3 heteroatoms. The van der Waals surface area contributed by atoms with Crippen molar-refractivity contribution in [2.75, 3.05) is 13.7 Å². The molecule has 1 aromatic carbocycles. The summed E-state index contributed by atoms with van der Waals surface area (Å²) < 4.78 is 5.27. The molecule has 0 unspecified atom stereocenters. The number of amides is 1. The number of methoxy groups -OCH3 is 1. The maximum absolute atomic E-state index is 12.0. The standard InChI is InChI=1S/C17H25NO2/c1-20-16-10-6-5-9-15(16)13-17(19)18-12-11-14-7-3-2-4-8-14/h5-6,9-10,14H,2-4,7-8,11-13H2,1H3,(H,18,19). The van der Waals surface area contributed by atoms with Gasteiger partial charge in [-0.25, -0.2) is 0 Å². The molecule has 1 aliphatic rings. The predicted molar refractivity (Wildman–Crippen MR) is 80.9 cm³/mol. The highest BCUT2D eigenvalue weighted by molar-refractivity contribution is 5.79. The zero-order chi connectivity index (χ0) is 14.2. The van der Waals surface area contributed by atoms with Crippen molar-refractivity contribution < 1.29 is 9.53 Å². The van der Waals surface area contributed by atoms with E-state index in [1.807, 2.05) is 24.3 Å². The largest absolute Gasteiger partial charge is 0.496 e. The second-order valence-electron chi connectivity index (χ2n) is 5.63. The van der Waals surface area contributed by atoms with Gasteiger partial charge < -0.3 is 10.1 Å². The molecule has 0 radical (unpaired) electrons. The van der Waals surface area contributed by atoms with E-state index in [4.69, 9.17) is 4.74 Å². The van der Waals surface area contributed by atoms with Gasteiger partial charge in [0.1, 0.15) is 5.75 Å². The van der Waals surface area contributed by atoms with Crippen LogP contribution >= 0.6 is 0 Å². The van der Waals surface area contributed by atoms with E-state index < -0.39 is 0 Å². The minimum absolute atomic E-state index is 0.0882. The highest BCUT2D eigenvalue weighted by Gasteiger charge is 2.13. The van der Waals surface area contributed by atoms with Gasteiger partial charge in [-0.3, -0.25) is 4.79 Å². The number of ether oxygens (including phenoxy) is 1. The van der Waals surface area contributed by atoms with Crippen LogP contribution in [0.4, 0.5) is 0 Å². The first-order valence-corrected chi connectivity index (χ1v) is 7.68. The number of carbonyl (C=O) groups is 1. The summed E-state index contributed by atoms with van der Waals surface area (Å²) in [4.78, 5) is 12.0. The second kappa shape index (κ2) is 7.93. The van der Waals surface area contributed by atoms with Crippen molar-refractivity contribution >= 4 is 5.91 Å². The normalized spacial score (nSPS) is 15.8. The minimum Gasteiger partial charge on any atom is -0.496 e. The molecule has 1 amide bonds. The van der Waals surface area contributed by atoms with E-state index in [2.05, 4.69) is 5.32 Å². The SMILES string of the molecule is COc1ccccc1CC(=O)NCCC1CCCCC1. The zero-order valence-electron chi connectivity index (χ0n) is 12.4. The molecule has 0 atom stereocenters. The number of rotatable bonds is 6. The Morgan fingerprint density at radius 2 is 2.00 bits per heavy atom. The van der Waals surface area contributed by atoms with E-state index in [1.54, 1.807) is 7.11 Å². The van der Waals surface area contributed by atoms with E-state index in [0.717, 1.165) is 30.2 Å². The van der Waals surface area contributed by atoms with Crippen molar-refractivity contribution in [3.8, 4) is 5.75 Å². The van der Waals surface area contributed by atoms with Crippen LogP contribution in [0.15, 0.2) is 24.3 Å². The van der Waals surface area contributed by atoms with Crippen LogP contribution in [0.1, 0.15) is 44.1 Å². The lowest BCUT2D eigenvalue weighted by Crippen LogP contribution is -2.28. The molecule has 0 bridgehead atoms. The van der Waals surface area contributed by atoms with Crippen molar-refractivity contribution in [2.24, 2.45) is 5.92 Å². The summed E-state index contributed by atoms with van der Waals surface area (Å²) >= 11 is 0. The van der Waals surface area contributed by atoms with E-state index in [9.17, 15) is 4.79 Å². The lowest BCUT2D eigenvalue weighted by molar-refractivity contribution is -0.120. The maximum atomic E-state index is 12.0. The average molecular weight is 275 g/mol. The monoisotopic (exact) mass is 275 g/mol. The third-order valence-corrected chi connectivity index (χ3v) is 4.14. The molecule has 1 fully saturated rings. The van der Waals surface area contributed by atoms with Gasteiger partial charge in [0.15, 0.2) is 0 Å². The Morgan fingerprint density at radius 1 is 1.25 bits per heavy atom. The fraction of sp³-hybridized carbons (Fsp3) is 0.588. The third-order valence-electron chi connectivity index (χ3n) is 4.14. The van der Waals surface area contributed by atoms with Gasteiger partial charge in [0.2, 0.25) is 5.91 Å². The Balaban J connectivity index is 1.72. The van der Waals surface area contributed by atoms with E-state index >= 15 is 0 Å². The molecule has 0 aromatic heterocycles. The molecule has 0 heterocycles. The van der Waals surface area contributed by atoms with Gasteiger partial charge in [0.05, 0.1) is 13.5 Å². The van der Waals surface area contributed by atoms with Crippen molar-refractivity contribution in [2.45, 2.75) is 44.9 Å². The Morgan fingerprint density at radius 3 is 2.75 bits per heavy atom.